The van der Waals surface area contributed by atoms with Gasteiger partial charge in [-0.3, -0.25) is 0 Å². The molecular weight excluding hydrogens is 332 g/mol. The topological polar surface area (TPSA) is 9.23 Å². The van der Waals surface area contributed by atoms with Crippen molar-refractivity contribution in [2.45, 2.75) is 155 Å². The van der Waals surface area contributed by atoms with Crippen LogP contribution in [0.25, 0.3) is 0 Å². The lowest BCUT2D eigenvalue weighted by molar-refractivity contribution is 0.159. The minimum absolute atomic E-state index is 0.556. The summed E-state index contributed by atoms with van der Waals surface area (Å²) in [6.45, 7) is 11.7. The smallest absolute Gasteiger partial charge is 0.193 e. The highest BCUT2D eigenvalue weighted by Gasteiger charge is 2.34. The summed E-state index contributed by atoms with van der Waals surface area (Å²) in [7, 11) is -1.49. The molecule has 1 atom stereocenters. The van der Waals surface area contributed by atoms with Crippen LogP contribution in [-0.2, 0) is 4.43 Å². The van der Waals surface area contributed by atoms with E-state index in [-0.39, 0.29) is 0 Å². The second kappa shape index (κ2) is 18.5. The molecule has 0 N–H and O–H groups in total. The average Bonchev–Trinajstić information content (AvgIpc) is 2.61. The molecule has 1 nitrogen and oxygen atoms in total. The molecule has 0 bridgehead atoms. The summed E-state index contributed by atoms with van der Waals surface area (Å²) in [4.78, 5) is 0. The molecule has 1 unspecified atom stereocenters. The van der Waals surface area contributed by atoms with E-state index in [1.807, 2.05) is 0 Å². The third-order valence-electron chi connectivity index (χ3n) is 5.77. The molecule has 0 heterocycles. The summed E-state index contributed by atoms with van der Waals surface area (Å²) >= 11 is 0. The fraction of sp³-hybridized carbons (Fsp3) is 1.00. The first-order chi connectivity index (χ1) is 12.7. The summed E-state index contributed by atoms with van der Waals surface area (Å²) in [6, 6.07) is 4.14. The van der Waals surface area contributed by atoms with E-state index in [1.165, 1.54) is 114 Å². The maximum absolute atomic E-state index is 7.01. The van der Waals surface area contributed by atoms with Gasteiger partial charge in [-0.2, -0.15) is 0 Å². The molecule has 0 aliphatic heterocycles. The number of unbranched alkanes of at least 4 members (excludes halogenated alkanes) is 8. The summed E-state index contributed by atoms with van der Waals surface area (Å²) in [5.41, 5.74) is 0. The average molecular weight is 385 g/mol. The van der Waals surface area contributed by atoms with Gasteiger partial charge in [0.05, 0.1) is 0 Å². The van der Waals surface area contributed by atoms with Gasteiger partial charge in [0.1, 0.15) is 0 Å². The quantitative estimate of drug-likeness (QED) is 0.150. The lowest BCUT2D eigenvalue weighted by atomic mass is 10.0. The highest BCUT2D eigenvalue weighted by Crippen LogP contribution is 2.31. The van der Waals surface area contributed by atoms with Crippen LogP contribution in [0, 0.1) is 0 Å². The van der Waals surface area contributed by atoms with Gasteiger partial charge in [0.25, 0.3) is 0 Å². The Labute approximate surface area is 168 Å². The zero-order chi connectivity index (χ0) is 19.5. The van der Waals surface area contributed by atoms with Crippen LogP contribution >= 0.6 is 0 Å². The number of hydrogen-bond donors (Lipinski definition) is 0. The van der Waals surface area contributed by atoms with Crippen LogP contribution in [0.2, 0.25) is 18.1 Å². The maximum atomic E-state index is 7.01. The highest BCUT2D eigenvalue weighted by molar-refractivity contribution is 6.73. The van der Waals surface area contributed by atoms with Gasteiger partial charge in [0, 0.05) is 6.10 Å². The van der Waals surface area contributed by atoms with Gasteiger partial charge in [0.2, 0.25) is 0 Å². The Kier molecular flexibility index (Phi) is 18.7. The van der Waals surface area contributed by atoms with Crippen molar-refractivity contribution in [1.29, 1.82) is 0 Å². The van der Waals surface area contributed by atoms with E-state index in [1.54, 1.807) is 0 Å². The highest BCUT2D eigenvalue weighted by atomic mass is 28.4. The molecule has 0 aliphatic rings. The van der Waals surface area contributed by atoms with E-state index in [2.05, 4.69) is 34.6 Å². The third kappa shape index (κ3) is 13.4. The first-order valence-electron chi connectivity index (χ1n) is 12.4. The van der Waals surface area contributed by atoms with Gasteiger partial charge in [-0.05, 0) is 31.0 Å². The zero-order valence-corrected chi connectivity index (χ0v) is 20.2. The molecular formula is C24H52OSi. The Balaban J connectivity index is 4.22. The van der Waals surface area contributed by atoms with Crippen molar-refractivity contribution >= 4 is 8.32 Å². The maximum Gasteiger partial charge on any atom is 0.193 e. The monoisotopic (exact) mass is 384 g/mol. The van der Waals surface area contributed by atoms with E-state index < -0.39 is 8.32 Å². The molecule has 0 spiro atoms. The standard InChI is InChI=1S/C24H52OSi/c1-6-11-12-13-14-15-16-17-18-20-24(19-7-2)25-26(21-8-3,22-9-4)23-10-5/h24H,6-23H2,1-5H3. The van der Waals surface area contributed by atoms with Gasteiger partial charge < -0.3 is 4.43 Å². The van der Waals surface area contributed by atoms with Crippen molar-refractivity contribution in [2.24, 2.45) is 0 Å². The normalized spacial score (nSPS) is 13.3. The number of hydrogen-bond acceptors (Lipinski definition) is 1. The van der Waals surface area contributed by atoms with Crippen molar-refractivity contribution in [1.82, 2.24) is 0 Å². The molecule has 0 amide bonds. The number of rotatable bonds is 20. The molecule has 2 heteroatoms. The van der Waals surface area contributed by atoms with Crippen molar-refractivity contribution in [2.75, 3.05) is 0 Å². The lowest BCUT2D eigenvalue weighted by Crippen LogP contribution is -2.41. The zero-order valence-electron chi connectivity index (χ0n) is 19.2. The van der Waals surface area contributed by atoms with Gasteiger partial charge >= 0.3 is 0 Å². The molecule has 0 saturated carbocycles. The molecule has 0 radical (unpaired) electrons. The van der Waals surface area contributed by atoms with Crippen LogP contribution in [0.3, 0.4) is 0 Å². The molecule has 0 aliphatic carbocycles. The van der Waals surface area contributed by atoms with Crippen LogP contribution in [-0.4, -0.2) is 14.4 Å². The van der Waals surface area contributed by atoms with Crippen LogP contribution in [0.5, 0.6) is 0 Å². The molecule has 0 rings (SSSR count). The van der Waals surface area contributed by atoms with E-state index in [4.69, 9.17) is 4.43 Å². The summed E-state index contributed by atoms with van der Waals surface area (Å²) in [5.74, 6) is 0. The predicted molar refractivity (Wildman–Crippen MR) is 123 cm³/mol. The minimum Gasteiger partial charge on any atom is -0.414 e. The van der Waals surface area contributed by atoms with E-state index in [9.17, 15) is 0 Å². The lowest BCUT2D eigenvalue weighted by Gasteiger charge is -2.35. The van der Waals surface area contributed by atoms with Crippen LogP contribution in [0.1, 0.15) is 131 Å². The van der Waals surface area contributed by atoms with Crippen LogP contribution in [0.4, 0.5) is 0 Å². The van der Waals surface area contributed by atoms with E-state index in [0.29, 0.717) is 6.10 Å². The molecule has 0 aromatic heterocycles. The van der Waals surface area contributed by atoms with Crippen LogP contribution < -0.4 is 0 Å². The molecule has 0 fully saturated rings. The summed E-state index contributed by atoms with van der Waals surface area (Å²) < 4.78 is 7.01. The molecule has 0 saturated heterocycles. The van der Waals surface area contributed by atoms with Crippen molar-refractivity contribution < 1.29 is 4.43 Å². The molecule has 158 valence electrons. The predicted octanol–water partition coefficient (Wildman–Crippen LogP) is 9.27. The minimum atomic E-state index is -1.49. The van der Waals surface area contributed by atoms with E-state index in [0.717, 1.165) is 0 Å². The second-order valence-corrected chi connectivity index (χ2v) is 12.7. The molecule has 0 aromatic carbocycles. The van der Waals surface area contributed by atoms with Crippen molar-refractivity contribution in [3.05, 3.63) is 0 Å². The van der Waals surface area contributed by atoms with E-state index >= 15 is 0 Å². The Morgan fingerprint density at radius 1 is 0.500 bits per heavy atom. The van der Waals surface area contributed by atoms with Gasteiger partial charge in [0.15, 0.2) is 8.32 Å². The molecule has 26 heavy (non-hydrogen) atoms. The third-order valence-corrected chi connectivity index (χ3v) is 10.8. The van der Waals surface area contributed by atoms with Crippen molar-refractivity contribution in [3.63, 3.8) is 0 Å². The second-order valence-electron chi connectivity index (χ2n) is 8.58. The Bertz CT molecular complexity index is 262. The fourth-order valence-corrected chi connectivity index (χ4v) is 9.32. The summed E-state index contributed by atoms with van der Waals surface area (Å²) in [6.07, 6.45) is 21.2. The Hall–Kier alpha value is 0.177. The van der Waals surface area contributed by atoms with Crippen LogP contribution in [0.15, 0.2) is 0 Å². The van der Waals surface area contributed by atoms with Gasteiger partial charge in [-0.15, -0.1) is 0 Å². The Morgan fingerprint density at radius 3 is 1.38 bits per heavy atom. The first-order valence-corrected chi connectivity index (χ1v) is 14.9. The first kappa shape index (κ1) is 26.2. The molecule has 0 aromatic rings. The van der Waals surface area contributed by atoms with Crippen molar-refractivity contribution in [3.8, 4) is 0 Å². The SMILES string of the molecule is CCCCCCCCCCCC(CCC)O[Si](CCC)(CCC)CCC. The largest absolute Gasteiger partial charge is 0.414 e. The van der Waals surface area contributed by atoms with Gasteiger partial charge in [-0.1, -0.05) is 118 Å². The fourth-order valence-electron chi connectivity index (χ4n) is 4.54. The summed E-state index contributed by atoms with van der Waals surface area (Å²) in [5, 5.41) is 0. The van der Waals surface area contributed by atoms with Gasteiger partial charge in [-0.25, -0.2) is 0 Å². The Morgan fingerprint density at radius 2 is 0.962 bits per heavy atom.